The van der Waals surface area contributed by atoms with Crippen LogP contribution < -0.4 is 10.6 Å². The van der Waals surface area contributed by atoms with E-state index >= 15 is 0 Å². The number of aromatic hydroxyl groups is 2. The number of nitrogens with one attached hydrogen (secondary N) is 2. The Balaban J connectivity index is 1.68. The van der Waals surface area contributed by atoms with Crippen LogP contribution in [0.4, 0.5) is 0 Å². The van der Waals surface area contributed by atoms with Gasteiger partial charge in [-0.05, 0) is 80.7 Å². The number of rotatable bonds is 14. The fourth-order valence-electron chi connectivity index (χ4n) is 5.89. The van der Waals surface area contributed by atoms with Crippen molar-refractivity contribution in [3.63, 3.8) is 0 Å². The second-order valence-electron chi connectivity index (χ2n) is 17.5. The molecule has 264 valence electrons. The van der Waals surface area contributed by atoms with Crippen molar-refractivity contribution in [3.05, 3.63) is 57.6 Å². The minimum atomic E-state index is -0.184. The van der Waals surface area contributed by atoms with Gasteiger partial charge in [-0.3, -0.25) is 9.59 Å². The largest absolute Gasteiger partial charge is 0.507 e. The molecule has 6 nitrogen and oxygen atoms in total. The van der Waals surface area contributed by atoms with Crippen molar-refractivity contribution < 1.29 is 19.8 Å². The zero-order valence-corrected chi connectivity index (χ0v) is 31.8. The molecule has 4 N–H and O–H groups in total. The third kappa shape index (κ3) is 12.8. The van der Waals surface area contributed by atoms with Gasteiger partial charge >= 0.3 is 0 Å². The number of benzene rings is 2. The van der Waals surface area contributed by atoms with Gasteiger partial charge in [0.05, 0.1) is 0 Å². The lowest BCUT2D eigenvalue weighted by Crippen LogP contribution is -2.25. The van der Waals surface area contributed by atoms with Gasteiger partial charge in [0.15, 0.2) is 0 Å². The molecule has 6 heteroatoms. The number of aryl methyl sites for hydroxylation is 2. The molecule has 0 aromatic heterocycles. The molecule has 0 radical (unpaired) electrons. The summed E-state index contributed by atoms with van der Waals surface area (Å²) in [4.78, 5) is 25.1. The minimum absolute atomic E-state index is 0.0620. The van der Waals surface area contributed by atoms with E-state index in [4.69, 9.17) is 0 Å². The van der Waals surface area contributed by atoms with Crippen LogP contribution in [-0.2, 0) is 44.1 Å². The van der Waals surface area contributed by atoms with Crippen molar-refractivity contribution in [2.24, 2.45) is 0 Å². The van der Waals surface area contributed by atoms with Crippen molar-refractivity contribution in [2.45, 2.75) is 163 Å². The molecule has 2 amide bonds. The number of phenols is 2. The summed E-state index contributed by atoms with van der Waals surface area (Å²) in [6.45, 7) is 26.6. The molecule has 0 aliphatic carbocycles. The predicted molar refractivity (Wildman–Crippen MR) is 197 cm³/mol. The van der Waals surface area contributed by atoms with E-state index in [1.807, 2.05) is 0 Å². The van der Waals surface area contributed by atoms with Crippen LogP contribution in [0, 0.1) is 0 Å². The second kappa shape index (κ2) is 16.4. The minimum Gasteiger partial charge on any atom is -0.507 e. The van der Waals surface area contributed by atoms with E-state index in [2.05, 4.69) is 118 Å². The second-order valence-corrected chi connectivity index (χ2v) is 17.5. The summed E-state index contributed by atoms with van der Waals surface area (Å²) in [6.07, 6.45) is 7.21. The maximum absolute atomic E-state index is 12.6. The number of unbranched alkanes of at least 4 members (excludes halogenated alkanes) is 4. The maximum Gasteiger partial charge on any atom is 0.220 e. The Hall–Kier alpha value is -3.02. The van der Waals surface area contributed by atoms with Crippen molar-refractivity contribution in [3.8, 4) is 11.5 Å². The van der Waals surface area contributed by atoms with E-state index < -0.39 is 0 Å². The molecule has 0 fully saturated rings. The maximum atomic E-state index is 12.6. The third-order valence-corrected chi connectivity index (χ3v) is 8.85. The standard InChI is InChI=1S/C41H66N2O4/c1-38(2,3)30-24-28(25-31(36(30)46)39(4,5)6)18-20-34(44)42-22-16-14-13-15-17-23-43-35(45)21-19-29-26-32(40(7,8)9)37(47)33(27-29)41(10,11)12/h24-27,46-47H,13-23H2,1-12H3,(H,42,44)(H,43,45). The van der Waals surface area contributed by atoms with Crippen molar-refractivity contribution in [1.29, 1.82) is 0 Å². The highest BCUT2D eigenvalue weighted by Crippen LogP contribution is 2.41. The van der Waals surface area contributed by atoms with Crippen LogP contribution in [0.1, 0.15) is 161 Å². The zero-order valence-electron chi connectivity index (χ0n) is 31.8. The highest BCUT2D eigenvalue weighted by Gasteiger charge is 2.28. The molecular weight excluding hydrogens is 584 g/mol. The fourth-order valence-corrected chi connectivity index (χ4v) is 5.89. The summed E-state index contributed by atoms with van der Waals surface area (Å²) >= 11 is 0. The average molecular weight is 651 g/mol. The Morgan fingerprint density at radius 2 is 0.745 bits per heavy atom. The molecule has 0 saturated carbocycles. The van der Waals surface area contributed by atoms with Gasteiger partial charge in [-0.25, -0.2) is 0 Å². The summed E-state index contributed by atoms with van der Waals surface area (Å²) < 4.78 is 0. The van der Waals surface area contributed by atoms with E-state index in [-0.39, 0.29) is 33.5 Å². The molecular formula is C41H66N2O4. The summed E-state index contributed by atoms with van der Waals surface area (Å²) in [5.74, 6) is 0.866. The molecule has 0 heterocycles. The summed E-state index contributed by atoms with van der Waals surface area (Å²) in [5, 5.41) is 28.0. The Kier molecular flexibility index (Phi) is 14.0. The topological polar surface area (TPSA) is 98.7 Å². The Labute approximate surface area is 286 Å². The molecule has 47 heavy (non-hydrogen) atoms. The van der Waals surface area contributed by atoms with Gasteiger partial charge in [0.1, 0.15) is 11.5 Å². The number of phenolic OH excluding ortho intramolecular Hbond substituents is 2. The molecule has 2 rings (SSSR count). The first-order valence-corrected chi connectivity index (χ1v) is 17.8. The van der Waals surface area contributed by atoms with Crippen LogP contribution in [0.3, 0.4) is 0 Å². The fraction of sp³-hybridized carbons (Fsp3) is 0.659. The average Bonchev–Trinajstić information content (AvgIpc) is 2.92. The van der Waals surface area contributed by atoms with Gasteiger partial charge in [0, 0.05) is 25.9 Å². The van der Waals surface area contributed by atoms with Crippen molar-refractivity contribution >= 4 is 11.8 Å². The number of hydrogen-bond acceptors (Lipinski definition) is 4. The van der Waals surface area contributed by atoms with Gasteiger partial charge in [-0.1, -0.05) is 127 Å². The van der Waals surface area contributed by atoms with Crippen LogP contribution in [0.2, 0.25) is 0 Å². The number of carbonyl (C=O) groups is 2. The smallest absolute Gasteiger partial charge is 0.220 e. The van der Waals surface area contributed by atoms with Crippen molar-refractivity contribution in [1.82, 2.24) is 10.6 Å². The van der Waals surface area contributed by atoms with Gasteiger partial charge in [0.2, 0.25) is 11.8 Å². The van der Waals surface area contributed by atoms with E-state index in [0.717, 1.165) is 65.5 Å². The lowest BCUT2D eigenvalue weighted by atomic mass is 9.78. The van der Waals surface area contributed by atoms with E-state index in [1.165, 1.54) is 0 Å². The highest BCUT2D eigenvalue weighted by atomic mass is 16.3. The lowest BCUT2D eigenvalue weighted by molar-refractivity contribution is -0.121. The molecule has 2 aromatic rings. The predicted octanol–water partition coefficient (Wildman–Crippen LogP) is 9.04. The monoisotopic (exact) mass is 651 g/mol. The Morgan fingerprint density at radius 3 is 1.00 bits per heavy atom. The molecule has 0 aliphatic heterocycles. The lowest BCUT2D eigenvalue weighted by Gasteiger charge is -2.28. The number of hydrogen-bond donors (Lipinski definition) is 4. The first-order chi connectivity index (χ1) is 21.5. The number of carbonyl (C=O) groups excluding carboxylic acids is 2. The van der Waals surface area contributed by atoms with Crippen LogP contribution in [-0.4, -0.2) is 35.1 Å². The van der Waals surface area contributed by atoms with Crippen LogP contribution in [0.5, 0.6) is 11.5 Å². The first-order valence-electron chi connectivity index (χ1n) is 17.8. The molecule has 0 atom stereocenters. The van der Waals surface area contributed by atoms with Crippen LogP contribution in [0.15, 0.2) is 24.3 Å². The third-order valence-electron chi connectivity index (χ3n) is 8.85. The summed E-state index contributed by atoms with van der Waals surface area (Å²) in [7, 11) is 0. The Bertz CT molecular complexity index is 1170. The van der Waals surface area contributed by atoms with Gasteiger partial charge in [0.25, 0.3) is 0 Å². The van der Waals surface area contributed by atoms with E-state index in [0.29, 0.717) is 50.3 Å². The quantitative estimate of drug-likeness (QED) is 0.153. The summed E-state index contributed by atoms with van der Waals surface area (Å²) in [5.41, 5.74) is 5.15. The van der Waals surface area contributed by atoms with Gasteiger partial charge in [-0.2, -0.15) is 0 Å². The number of amides is 2. The molecule has 0 saturated heterocycles. The summed E-state index contributed by atoms with van der Waals surface area (Å²) in [6, 6.07) is 8.23. The molecule has 0 bridgehead atoms. The highest BCUT2D eigenvalue weighted by molar-refractivity contribution is 5.76. The van der Waals surface area contributed by atoms with Crippen molar-refractivity contribution in [2.75, 3.05) is 13.1 Å². The van der Waals surface area contributed by atoms with Gasteiger partial charge in [-0.15, -0.1) is 0 Å². The van der Waals surface area contributed by atoms with E-state index in [9.17, 15) is 19.8 Å². The molecule has 0 unspecified atom stereocenters. The molecule has 0 spiro atoms. The SMILES string of the molecule is CC(C)(C)c1cc(CCC(=O)NCCCCCCCNC(=O)CCc2cc(C(C)(C)C)c(O)c(C(C)(C)C)c2)cc(C(C)(C)C)c1O. The van der Waals surface area contributed by atoms with Crippen LogP contribution in [0.25, 0.3) is 0 Å². The molecule has 2 aromatic carbocycles. The van der Waals surface area contributed by atoms with Gasteiger partial charge < -0.3 is 20.8 Å². The normalized spacial score (nSPS) is 12.7. The molecule has 0 aliphatic rings. The first kappa shape index (κ1) is 40.2. The van der Waals surface area contributed by atoms with E-state index in [1.54, 1.807) is 0 Å². The Morgan fingerprint density at radius 1 is 0.489 bits per heavy atom. The zero-order chi connectivity index (χ0) is 35.8. The van der Waals surface area contributed by atoms with Crippen LogP contribution >= 0.6 is 0 Å².